The van der Waals surface area contributed by atoms with E-state index in [9.17, 15) is 9.59 Å². The third-order valence-corrected chi connectivity index (χ3v) is 5.03. The number of thioether (sulfide) groups is 1. The first-order valence-electron chi connectivity index (χ1n) is 8.44. The average Bonchev–Trinajstić information content (AvgIpc) is 2.63. The Morgan fingerprint density at radius 1 is 1.12 bits per heavy atom. The first-order valence-corrected chi connectivity index (χ1v) is 9.66. The molecule has 4 nitrogen and oxygen atoms in total. The lowest BCUT2D eigenvalue weighted by Gasteiger charge is -2.18. The second-order valence-electron chi connectivity index (χ2n) is 5.94. The summed E-state index contributed by atoms with van der Waals surface area (Å²) in [5.41, 5.74) is 5.17. The van der Waals surface area contributed by atoms with Crippen molar-refractivity contribution < 1.29 is 19.1 Å². The van der Waals surface area contributed by atoms with Crippen LogP contribution < -0.4 is 0 Å². The van der Waals surface area contributed by atoms with Crippen LogP contribution in [0.1, 0.15) is 34.0 Å². The highest BCUT2D eigenvalue weighted by Crippen LogP contribution is 2.35. The topological polar surface area (TPSA) is 52.6 Å². The lowest BCUT2D eigenvalue weighted by atomic mass is 9.90. The quantitative estimate of drug-likeness (QED) is 0.548. The summed E-state index contributed by atoms with van der Waals surface area (Å²) < 4.78 is 10.1. The molecular weight excluding hydrogens is 348 g/mol. The molecule has 138 valence electrons. The van der Waals surface area contributed by atoms with Crippen LogP contribution in [0.3, 0.4) is 0 Å². The van der Waals surface area contributed by atoms with Gasteiger partial charge in [-0.3, -0.25) is 4.79 Å². The Labute approximate surface area is 158 Å². The van der Waals surface area contributed by atoms with Crippen molar-refractivity contribution in [3.63, 3.8) is 0 Å². The van der Waals surface area contributed by atoms with Crippen molar-refractivity contribution in [1.29, 1.82) is 0 Å². The van der Waals surface area contributed by atoms with Crippen molar-refractivity contribution in [3.8, 4) is 11.1 Å². The van der Waals surface area contributed by atoms with Crippen LogP contribution in [0.5, 0.6) is 0 Å². The number of esters is 2. The van der Waals surface area contributed by atoms with E-state index >= 15 is 0 Å². The van der Waals surface area contributed by atoms with Gasteiger partial charge in [0.2, 0.25) is 0 Å². The molecule has 0 heterocycles. The van der Waals surface area contributed by atoms with E-state index in [1.807, 2.05) is 50.4 Å². The molecule has 2 rings (SSSR count). The van der Waals surface area contributed by atoms with Crippen LogP contribution in [-0.2, 0) is 20.7 Å². The molecule has 0 fully saturated rings. The molecule has 0 aliphatic rings. The number of hydrogen-bond acceptors (Lipinski definition) is 5. The minimum Gasteiger partial charge on any atom is -0.466 e. The largest absolute Gasteiger partial charge is 0.466 e. The molecule has 2 aromatic rings. The minimum absolute atomic E-state index is 0.113. The Bertz CT molecular complexity index is 810. The SMILES string of the molecule is CCOC(=O)Cc1c(-c2ccc(C)cc2)cc(SC)c(C(=O)OC)c1C. The molecule has 0 aliphatic heterocycles. The smallest absolute Gasteiger partial charge is 0.339 e. The zero-order valence-electron chi connectivity index (χ0n) is 15.8. The van der Waals surface area contributed by atoms with Gasteiger partial charge in [-0.2, -0.15) is 0 Å². The van der Waals surface area contributed by atoms with Gasteiger partial charge in [-0.15, -0.1) is 11.8 Å². The molecule has 0 bridgehead atoms. The van der Waals surface area contributed by atoms with Gasteiger partial charge >= 0.3 is 11.9 Å². The molecule has 26 heavy (non-hydrogen) atoms. The number of aryl methyl sites for hydroxylation is 1. The van der Waals surface area contributed by atoms with E-state index in [2.05, 4.69) is 0 Å². The van der Waals surface area contributed by atoms with Gasteiger partial charge in [0.15, 0.2) is 0 Å². The lowest BCUT2D eigenvalue weighted by molar-refractivity contribution is -0.142. The molecule has 0 saturated carbocycles. The second-order valence-corrected chi connectivity index (χ2v) is 6.79. The first kappa shape index (κ1) is 20.0. The van der Waals surface area contributed by atoms with Crippen molar-refractivity contribution in [1.82, 2.24) is 0 Å². The molecule has 0 radical (unpaired) electrons. The standard InChI is InChI=1S/C21H24O4S/c1-6-25-19(22)12-16-14(3)20(21(23)24-4)18(26-5)11-17(16)15-9-7-13(2)8-10-15/h7-11H,6,12H2,1-5H3. The number of hydrogen-bond donors (Lipinski definition) is 0. The maximum atomic E-state index is 12.3. The Kier molecular flexibility index (Phi) is 6.86. The number of carbonyl (C=O) groups is 2. The van der Waals surface area contributed by atoms with Crippen LogP contribution in [0.2, 0.25) is 0 Å². The molecule has 0 N–H and O–H groups in total. The van der Waals surface area contributed by atoms with E-state index in [1.54, 1.807) is 6.92 Å². The van der Waals surface area contributed by atoms with Crippen LogP contribution in [0.15, 0.2) is 35.2 Å². The molecule has 0 spiro atoms. The van der Waals surface area contributed by atoms with Gasteiger partial charge in [-0.1, -0.05) is 29.8 Å². The van der Waals surface area contributed by atoms with Crippen molar-refractivity contribution in [2.45, 2.75) is 32.1 Å². The fourth-order valence-electron chi connectivity index (χ4n) is 2.92. The number of methoxy groups -OCH3 is 1. The summed E-state index contributed by atoms with van der Waals surface area (Å²) in [4.78, 5) is 25.3. The first-order chi connectivity index (χ1) is 12.4. The van der Waals surface area contributed by atoms with Crippen LogP contribution in [0.25, 0.3) is 11.1 Å². The van der Waals surface area contributed by atoms with Crippen molar-refractivity contribution in [3.05, 3.63) is 52.6 Å². The molecule has 0 aliphatic carbocycles. The number of carbonyl (C=O) groups excluding carboxylic acids is 2. The van der Waals surface area contributed by atoms with Crippen molar-refractivity contribution in [2.75, 3.05) is 20.0 Å². The zero-order valence-corrected chi connectivity index (χ0v) is 16.7. The van der Waals surface area contributed by atoms with Gasteiger partial charge in [-0.25, -0.2) is 4.79 Å². The maximum absolute atomic E-state index is 12.3. The van der Waals surface area contributed by atoms with Gasteiger partial charge in [0.1, 0.15) is 0 Å². The van der Waals surface area contributed by atoms with Crippen LogP contribution in [0, 0.1) is 13.8 Å². The molecule has 0 amide bonds. The molecule has 0 aromatic heterocycles. The predicted molar refractivity (Wildman–Crippen MR) is 105 cm³/mol. The highest BCUT2D eigenvalue weighted by atomic mass is 32.2. The summed E-state index contributed by atoms with van der Waals surface area (Å²) in [6, 6.07) is 10.1. The lowest BCUT2D eigenvalue weighted by Crippen LogP contribution is -2.14. The molecule has 0 unspecified atom stereocenters. The fourth-order valence-corrected chi connectivity index (χ4v) is 3.60. The number of benzene rings is 2. The van der Waals surface area contributed by atoms with Gasteiger partial charge < -0.3 is 9.47 Å². The normalized spacial score (nSPS) is 10.5. The molecule has 0 saturated heterocycles. The zero-order chi connectivity index (χ0) is 19.3. The molecule has 0 atom stereocenters. The monoisotopic (exact) mass is 372 g/mol. The molecule has 2 aromatic carbocycles. The van der Waals surface area contributed by atoms with Gasteiger partial charge in [0.05, 0.1) is 25.7 Å². The van der Waals surface area contributed by atoms with E-state index in [0.29, 0.717) is 12.2 Å². The molecular formula is C21H24O4S. The van der Waals surface area contributed by atoms with Gasteiger partial charge in [-0.05, 0) is 55.3 Å². The van der Waals surface area contributed by atoms with E-state index in [1.165, 1.54) is 18.9 Å². The van der Waals surface area contributed by atoms with Crippen LogP contribution >= 0.6 is 11.8 Å². The highest BCUT2D eigenvalue weighted by molar-refractivity contribution is 7.98. The summed E-state index contributed by atoms with van der Waals surface area (Å²) in [5.74, 6) is -0.705. The Balaban J connectivity index is 2.71. The fraction of sp³-hybridized carbons (Fsp3) is 0.333. The van der Waals surface area contributed by atoms with Gasteiger partial charge in [0, 0.05) is 4.90 Å². The van der Waals surface area contributed by atoms with Crippen molar-refractivity contribution in [2.24, 2.45) is 0 Å². The summed E-state index contributed by atoms with van der Waals surface area (Å²) in [6.45, 7) is 5.99. The second kappa shape index (κ2) is 8.90. The van der Waals surface area contributed by atoms with Gasteiger partial charge in [0.25, 0.3) is 0 Å². The highest BCUT2D eigenvalue weighted by Gasteiger charge is 2.23. The molecule has 5 heteroatoms. The Morgan fingerprint density at radius 2 is 1.77 bits per heavy atom. The van der Waals surface area contributed by atoms with Crippen LogP contribution in [0.4, 0.5) is 0 Å². The third kappa shape index (κ3) is 4.28. The summed E-state index contributed by atoms with van der Waals surface area (Å²) in [5, 5.41) is 0. The Hall–Kier alpha value is -2.27. The summed E-state index contributed by atoms with van der Waals surface area (Å²) >= 11 is 1.49. The Morgan fingerprint density at radius 3 is 2.31 bits per heavy atom. The summed E-state index contributed by atoms with van der Waals surface area (Å²) in [7, 11) is 1.37. The predicted octanol–water partition coefficient (Wildman–Crippen LogP) is 4.58. The number of rotatable bonds is 6. The maximum Gasteiger partial charge on any atom is 0.339 e. The van der Waals surface area contributed by atoms with E-state index in [-0.39, 0.29) is 12.4 Å². The van der Waals surface area contributed by atoms with E-state index in [4.69, 9.17) is 9.47 Å². The third-order valence-electron chi connectivity index (χ3n) is 4.27. The number of ether oxygens (including phenoxy) is 2. The van der Waals surface area contributed by atoms with E-state index < -0.39 is 5.97 Å². The van der Waals surface area contributed by atoms with Crippen LogP contribution in [-0.4, -0.2) is 31.9 Å². The average molecular weight is 372 g/mol. The van der Waals surface area contributed by atoms with E-state index in [0.717, 1.165) is 32.7 Å². The van der Waals surface area contributed by atoms with Crippen molar-refractivity contribution >= 4 is 23.7 Å². The summed E-state index contributed by atoms with van der Waals surface area (Å²) in [6.07, 6.45) is 2.03. The minimum atomic E-state index is -0.396.